The van der Waals surface area contributed by atoms with Crippen molar-refractivity contribution in [2.45, 2.75) is 6.92 Å². The van der Waals surface area contributed by atoms with Crippen LogP contribution in [-0.4, -0.2) is 27.0 Å². The van der Waals surface area contributed by atoms with Crippen LogP contribution >= 0.6 is 23.2 Å². The molecule has 1 amide bonds. The van der Waals surface area contributed by atoms with Gasteiger partial charge in [0.15, 0.2) is 0 Å². The number of aryl methyl sites for hydroxylation is 1. The minimum atomic E-state index is -1.26. The smallest absolute Gasteiger partial charge is 0.337 e. The SMILES string of the molecule is Cc1cnc(C(=O)Nc2c(Cl)cc(Cl)cc2C(=O)O)cn1. The number of anilines is 1. The maximum atomic E-state index is 12.0. The van der Waals surface area contributed by atoms with E-state index in [1.165, 1.54) is 24.5 Å². The number of halogens is 2. The summed E-state index contributed by atoms with van der Waals surface area (Å²) in [4.78, 5) is 31.1. The van der Waals surface area contributed by atoms with Gasteiger partial charge in [-0.3, -0.25) is 9.78 Å². The van der Waals surface area contributed by atoms with Crippen LogP contribution < -0.4 is 5.32 Å². The lowest BCUT2D eigenvalue weighted by Gasteiger charge is -2.10. The number of hydrogen-bond acceptors (Lipinski definition) is 4. The predicted octanol–water partition coefficient (Wildman–Crippen LogP) is 3.04. The molecule has 0 radical (unpaired) electrons. The zero-order chi connectivity index (χ0) is 15.6. The Morgan fingerprint density at radius 2 is 1.90 bits per heavy atom. The van der Waals surface area contributed by atoms with Gasteiger partial charge < -0.3 is 10.4 Å². The van der Waals surface area contributed by atoms with Gasteiger partial charge in [-0.05, 0) is 19.1 Å². The average Bonchev–Trinajstić information content (AvgIpc) is 2.41. The van der Waals surface area contributed by atoms with Crippen molar-refractivity contribution in [3.05, 3.63) is 51.5 Å². The van der Waals surface area contributed by atoms with E-state index in [2.05, 4.69) is 15.3 Å². The second kappa shape index (κ2) is 6.07. The lowest BCUT2D eigenvalue weighted by molar-refractivity contribution is 0.0698. The molecular weight excluding hydrogens is 317 g/mol. The van der Waals surface area contributed by atoms with E-state index in [4.69, 9.17) is 28.3 Å². The number of carboxylic acid groups (broad SMARTS) is 1. The Kier molecular flexibility index (Phi) is 4.40. The number of nitrogens with one attached hydrogen (secondary N) is 1. The minimum Gasteiger partial charge on any atom is -0.478 e. The fourth-order valence-corrected chi connectivity index (χ4v) is 2.10. The Bertz CT molecular complexity index is 717. The van der Waals surface area contributed by atoms with Crippen molar-refractivity contribution < 1.29 is 14.7 Å². The molecule has 0 saturated carbocycles. The largest absolute Gasteiger partial charge is 0.478 e. The third kappa shape index (κ3) is 3.48. The molecule has 6 nitrogen and oxygen atoms in total. The molecule has 21 heavy (non-hydrogen) atoms. The standard InChI is InChI=1S/C13H9Cl2N3O3/c1-6-4-17-10(5-16-6)12(19)18-11-8(13(20)21)2-7(14)3-9(11)15/h2-5H,1H3,(H,18,19)(H,20,21). The molecule has 0 aliphatic rings. The summed E-state index contributed by atoms with van der Waals surface area (Å²) in [6.45, 7) is 1.73. The number of hydrogen-bond donors (Lipinski definition) is 2. The number of amides is 1. The zero-order valence-corrected chi connectivity index (χ0v) is 12.2. The molecule has 0 atom stereocenters. The van der Waals surface area contributed by atoms with Gasteiger partial charge in [-0.25, -0.2) is 9.78 Å². The Morgan fingerprint density at radius 3 is 2.48 bits per heavy atom. The number of nitrogens with zero attached hydrogens (tertiary/aromatic N) is 2. The molecule has 2 rings (SSSR count). The Morgan fingerprint density at radius 1 is 1.19 bits per heavy atom. The summed E-state index contributed by atoms with van der Waals surface area (Å²) in [5.74, 6) is -1.88. The zero-order valence-electron chi connectivity index (χ0n) is 10.7. The van der Waals surface area contributed by atoms with Gasteiger partial charge in [-0.1, -0.05) is 23.2 Å². The lowest BCUT2D eigenvalue weighted by Crippen LogP contribution is -2.17. The van der Waals surface area contributed by atoms with E-state index >= 15 is 0 Å². The number of carbonyl (C=O) groups excluding carboxylic acids is 1. The molecule has 0 aliphatic heterocycles. The van der Waals surface area contributed by atoms with E-state index in [1.54, 1.807) is 6.92 Å². The topological polar surface area (TPSA) is 92.2 Å². The molecule has 0 aliphatic carbocycles. The first-order valence-electron chi connectivity index (χ1n) is 5.71. The van der Waals surface area contributed by atoms with Crippen LogP contribution in [0, 0.1) is 6.92 Å². The highest BCUT2D eigenvalue weighted by atomic mass is 35.5. The van der Waals surface area contributed by atoms with Crippen molar-refractivity contribution in [1.82, 2.24) is 9.97 Å². The highest BCUT2D eigenvalue weighted by Gasteiger charge is 2.18. The van der Waals surface area contributed by atoms with Crippen LogP contribution in [-0.2, 0) is 0 Å². The summed E-state index contributed by atoms with van der Waals surface area (Å²) in [5.41, 5.74) is 0.451. The second-order valence-corrected chi connectivity index (χ2v) is 4.96. The lowest BCUT2D eigenvalue weighted by atomic mass is 10.1. The van der Waals surface area contributed by atoms with Gasteiger partial charge in [0.05, 0.1) is 28.2 Å². The van der Waals surface area contributed by atoms with Gasteiger partial charge >= 0.3 is 5.97 Å². The fourth-order valence-electron chi connectivity index (χ4n) is 1.56. The molecule has 0 spiro atoms. The van der Waals surface area contributed by atoms with E-state index < -0.39 is 11.9 Å². The molecular formula is C13H9Cl2N3O3. The van der Waals surface area contributed by atoms with Crippen molar-refractivity contribution in [1.29, 1.82) is 0 Å². The van der Waals surface area contributed by atoms with Crippen LogP contribution in [0.2, 0.25) is 10.0 Å². The molecule has 1 aromatic carbocycles. The van der Waals surface area contributed by atoms with Gasteiger partial charge in [0.2, 0.25) is 0 Å². The second-order valence-electron chi connectivity index (χ2n) is 4.11. The summed E-state index contributed by atoms with van der Waals surface area (Å²) >= 11 is 11.7. The molecule has 0 bridgehead atoms. The van der Waals surface area contributed by atoms with Crippen LogP contribution in [0.4, 0.5) is 5.69 Å². The summed E-state index contributed by atoms with van der Waals surface area (Å²) in [5, 5.41) is 11.7. The molecule has 2 aromatic rings. The van der Waals surface area contributed by atoms with Crippen molar-refractivity contribution >= 4 is 40.8 Å². The van der Waals surface area contributed by atoms with Gasteiger partial charge in [0, 0.05) is 11.2 Å². The van der Waals surface area contributed by atoms with Gasteiger partial charge in [0.1, 0.15) is 5.69 Å². The summed E-state index contributed by atoms with van der Waals surface area (Å²) in [6, 6.07) is 2.54. The Labute approximate surface area is 129 Å². The normalized spacial score (nSPS) is 10.2. The monoisotopic (exact) mass is 325 g/mol. The van der Waals surface area contributed by atoms with Crippen LogP contribution in [0.25, 0.3) is 0 Å². The number of carboxylic acids is 1. The summed E-state index contributed by atoms with van der Waals surface area (Å²) in [7, 11) is 0. The first-order chi connectivity index (χ1) is 9.88. The quantitative estimate of drug-likeness (QED) is 0.904. The van der Waals surface area contributed by atoms with E-state index in [-0.39, 0.29) is 27.0 Å². The highest BCUT2D eigenvalue weighted by Crippen LogP contribution is 2.30. The number of aromatic carboxylic acids is 1. The van der Waals surface area contributed by atoms with Crippen LogP contribution in [0.3, 0.4) is 0 Å². The fraction of sp³-hybridized carbons (Fsp3) is 0.0769. The van der Waals surface area contributed by atoms with Gasteiger partial charge in [0.25, 0.3) is 5.91 Å². The van der Waals surface area contributed by atoms with E-state index in [9.17, 15) is 9.59 Å². The number of carbonyl (C=O) groups is 2. The highest BCUT2D eigenvalue weighted by molar-refractivity contribution is 6.38. The van der Waals surface area contributed by atoms with Crippen molar-refractivity contribution in [2.24, 2.45) is 0 Å². The third-order valence-electron chi connectivity index (χ3n) is 2.54. The maximum absolute atomic E-state index is 12.0. The summed E-state index contributed by atoms with van der Waals surface area (Å²) < 4.78 is 0. The van der Waals surface area contributed by atoms with Crippen molar-refractivity contribution in [2.75, 3.05) is 5.32 Å². The first-order valence-corrected chi connectivity index (χ1v) is 6.46. The molecule has 108 valence electrons. The number of benzene rings is 1. The van der Waals surface area contributed by atoms with E-state index in [0.29, 0.717) is 5.69 Å². The molecule has 0 saturated heterocycles. The van der Waals surface area contributed by atoms with Gasteiger partial charge in [-0.2, -0.15) is 0 Å². The number of rotatable bonds is 3. The molecule has 0 unspecified atom stereocenters. The Balaban J connectivity index is 2.37. The number of aromatic nitrogens is 2. The Hall–Kier alpha value is -2.18. The molecule has 1 heterocycles. The average molecular weight is 326 g/mol. The molecule has 8 heteroatoms. The molecule has 2 N–H and O–H groups in total. The minimum absolute atomic E-state index is 0.0216. The summed E-state index contributed by atoms with van der Waals surface area (Å²) in [6.07, 6.45) is 2.71. The van der Waals surface area contributed by atoms with Crippen molar-refractivity contribution in [3.8, 4) is 0 Å². The molecule has 1 aromatic heterocycles. The maximum Gasteiger partial charge on any atom is 0.337 e. The van der Waals surface area contributed by atoms with E-state index in [1.807, 2.05) is 0 Å². The van der Waals surface area contributed by atoms with Crippen LogP contribution in [0.1, 0.15) is 26.5 Å². The first kappa shape index (κ1) is 15.2. The van der Waals surface area contributed by atoms with Crippen molar-refractivity contribution in [3.63, 3.8) is 0 Å². The van der Waals surface area contributed by atoms with Crippen LogP contribution in [0.15, 0.2) is 24.5 Å². The van der Waals surface area contributed by atoms with Crippen LogP contribution in [0.5, 0.6) is 0 Å². The predicted molar refractivity (Wildman–Crippen MR) is 78.1 cm³/mol. The van der Waals surface area contributed by atoms with Gasteiger partial charge in [-0.15, -0.1) is 0 Å². The third-order valence-corrected chi connectivity index (χ3v) is 3.05. The van der Waals surface area contributed by atoms with E-state index in [0.717, 1.165) is 0 Å². The molecule has 0 fully saturated rings.